The van der Waals surface area contributed by atoms with Crippen molar-refractivity contribution >= 4 is 0 Å². The van der Waals surface area contributed by atoms with Crippen LogP contribution in [0.2, 0.25) is 0 Å². The number of aryl methyl sites for hydroxylation is 2. The fraction of sp³-hybridized carbons (Fsp3) is 0.323. The Morgan fingerprint density at radius 1 is 0.895 bits per heavy atom. The predicted octanol–water partition coefficient (Wildman–Crippen LogP) is 5.94. The Labute approximate surface area is 225 Å². The van der Waals surface area contributed by atoms with E-state index in [4.69, 9.17) is 19.3 Å². The van der Waals surface area contributed by atoms with E-state index in [0.29, 0.717) is 24.7 Å². The molecule has 1 aromatic heterocycles. The van der Waals surface area contributed by atoms with Crippen LogP contribution in [-0.2, 0) is 6.54 Å². The number of aliphatic hydroxyl groups excluding tert-OH is 1. The number of aliphatic hydroxyl groups is 1. The van der Waals surface area contributed by atoms with Crippen molar-refractivity contribution < 1.29 is 19.3 Å². The summed E-state index contributed by atoms with van der Waals surface area (Å²) in [6.07, 6.45) is -0.660. The second-order valence-electron chi connectivity index (χ2n) is 9.65. The number of aromatic nitrogens is 2. The standard InChI is InChI=1S/C31H37N3O4/c1-22(2)33(19-26(35)21-37-30-14-10-9-11-23(30)3)20-29-24(4)32-34(25-12-7-6-8-13-25)31(29)38-28-17-15-27(36-5)16-18-28/h6-18,22,26,35H,19-21H2,1-5H3. The van der Waals surface area contributed by atoms with E-state index in [1.54, 1.807) is 7.11 Å². The molecule has 4 aromatic rings. The van der Waals surface area contributed by atoms with Crippen LogP contribution in [0, 0.1) is 13.8 Å². The fourth-order valence-electron chi connectivity index (χ4n) is 4.21. The first kappa shape index (κ1) is 27.2. The summed E-state index contributed by atoms with van der Waals surface area (Å²) in [4.78, 5) is 2.21. The molecule has 0 radical (unpaired) electrons. The van der Waals surface area contributed by atoms with Crippen LogP contribution in [0.15, 0.2) is 78.9 Å². The lowest BCUT2D eigenvalue weighted by molar-refractivity contribution is 0.0538. The van der Waals surface area contributed by atoms with Gasteiger partial charge in [-0.25, -0.2) is 4.68 Å². The van der Waals surface area contributed by atoms with Crippen molar-refractivity contribution in [3.8, 4) is 28.8 Å². The maximum absolute atomic E-state index is 10.9. The molecular formula is C31H37N3O4. The van der Waals surface area contributed by atoms with Gasteiger partial charge in [0.2, 0.25) is 5.88 Å². The van der Waals surface area contributed by atoms with Gasteiger partial charge < -0.3 is 19.3 Å². The first-order valence-corrected chi connectivity index (χ1v) is 12.9. The average Bonchev–Trinajstić information content (AvgIpc) is 3.23. The lowest BCUT2D eigenvalue weighted by atomic mass is 10.2. The molecule has 0 aliphatic heterocycles. The fourth-order valence-corrected chi connectivity index (χ4v) is 4.21. The molecule has 4 rings (SSSR count). The van der Waals surface area contributed by atoms with Crippen molar-refractivity contribution in [1.82, 2.24) is 14.7 Å². The Morgan fingerprint density at radius 3 is 2.21 bits per heavy atom. The molecule has 38 heavy (non-hydrogen) atoms. The number of methoxy groups -OCH3 is 1. The van der Waals surface area contributed by atoms with E-state index in [9.17, 15) is 5.11 Å². The van der Waals surface area contributed by atoms with Crippen molar-refractivity contribution in [2.24, 2.45) is 0 Å². The Hall–Kier alpha value is -3.81. The highest BCUT2D eigenvalue weighted by Gasteiger charge is 2.24. The Balaban J connectivity index is 1.58. The van der Waals surface area contributed by atoms with Gasteiger partial charge in [0.05, 0.1) is 24.1 Å². The maximum Gasteiger partial charge on any atom is 0.227 e. The maximum atomic E-state index is 10.9. The summed E-state index contributed by atoms with van der Waals surface area (Å²) in [7, 11) is 1.64. The smallest absolute Gasteiger partial charge is 0.227 e. The molecule has 0 aliphatic rings. The third-order valence-corrected chi connectivity index (χ3v) is 6.47. The van der Waals surface area contributed by atoms with Crippen LogP contribution in [0.5, 0.6) is 23.1 Å². The lowest BCUT2D eigenvalue weighted by Crippen LogP contribution is -2.39. The van der Waals surface area contributed by atoms with Gasteiger partial charge in [-0.05, 0) is 75.7 Å². The van der Waals surface area contributed by atoms with E-state index in [2.05, 4.69) is 18.7 Å². The van der Waals surface area contributed by atoms with Crippen molar-refractivity contribution in [3.05, 3.63) is 95.7 Å². The minimum atomic E-state index is -0.660. The molecule has 0 bridgehead atoms. The molecule has 0 saturated heterocycles. The molecule has 0 spiro atoms. The zero-order chi connectivity index (χ0) is 27.1. The Morgan fingerprint density at radius 2 is 1.55 bits per heavy atom. The number of ether oxygens (including phenoxy) is 3. The number of hydrogen-bond acceptors (Lipinski definition) is 6. The number of benzene rings is 3. The van der Waals surface area contributed by atoms with Gasteiger partial charge in [-0.1, -0.05) is 36.4 Å². The van der Waals surface area contributed by atoms with Crippen LogP contribution in [0.3, 0.4) is 0 Å². The summed E-state index contributed by atoms with van der Waals surface area (Å²) in [6.45, 7) is 9.45. The summed E-state index contributed by atoms with van der Waals surface area (Å²) >= 11 is 0. The molecule has 200 valence electrons. The molecule has 7 heteroatoms. The van der Waals surface area contributed by atoms with Crippen LogP contribution in [0.1, 0.15) is 30.7 Å². The molecule has 1 N–H and O–H groups in total. The monoisotopic (exact) mass is 515 g/mol. The van der Waals surface area contributed by atoms with E-state index in [0.717, 1.165) is 34.0 Å². The summed E-state index contributed by atoms with van der Waals surface area (Å²) < 4.78 is 19.5. The van der Waals surface area contributed by atoms with E-state index < -0.39 is 6.10 Å². The number of nitrogens with zero attached hydrogens (tertiary/aromatic N) is 3. The molecule has 0 aliphatic carbocycles. The highest BCUT2D eigenvalue weighted by molar-refractivity contribution is 5.44. The van der Waals surface area contributed by atoms with E-state index in [1.165, 1.54) is 0 Å². The molecule has 1 unspecified atom stereocenters. The molecule has 7 nitrogen and oxygen atoms in total. The summed E-state index contributed by atoms with van der Waals surface area (Å²) in [5.41, 5.74) is 3.79. The van der Waals surface area contributed by atoms with Crippen molar-refractivity contribution in [2.75, 3.05) is 20.3 Å². The normalized spacial score (nSPS) is 12.1. The minimum absolute atomic E-state index is 0.177. The lowest BCUT2D eigenvalue weighted by Gasteiger charge is -2.29. The van der Waals surface area contributed by atoms with Crippen LogP contribution in [0.4, 0.5) is 0 Å². The van der Waals surface area contributed by atoms with Gasteiger partial charge in [0.15, 0.2) is 0 Å². The minimum Gasteiger partial charge on any atom is -0.497 e. The van der Waals surface area contributed by atoms with Crippen LogP contribution in [-0.4, -0.2) is 52.2 Å². The van der Waals surface area contributed by atoms with Gasteiger partial charge in [0.25, 0.3) is 0 Å². The predicted molar refractivity (Wildman–Crippen MR) is 150 cm³/mol. The Bertz CT molecular complexity index is 1300. The quantitative estimate of drug-likeness (QED) is 0.252. The van der Waals surface area contributed by atoms with Gasteiger partial charge in [-0.2, -0.15) is 5.10 Å². The molecule has 3 aromatic carbocycles. The zero-order valence-electron chi connectivity index (χ0n) is 22.8. The van der Waals surface area contributed by atoms with E-state index in [-0.39, 0.29) is 12.6 Å². The SMILES string of the molecule is COc1ccc(Oc2c(CN(CC(O)COc3ccccc3C)C(C)C)c(C)nn2-c2ccccc2)cc1. The first-order valence-electron chi connectivity index (χ1n) is 12.9. The molecule has 0 amide bonds. The van der Waals surface area contributed by atoms with Crippen molar-refractivity contribution in [1.29, 1.82) is 0 Å². The van der Waals surface area contributed by atoms with Gasteiger partial charge >= 0.3 is 0 Å². The van der Waals surface area contributed by atoms with Crippen molar-refractivity contribution in [3.63, 3.8) is 0 Å². The highest BCUT2D eigenvalue weighted by Crippen LogP contribution is 2.32. The third-order valence-electron chi connectivity index (χ3n) is 6.47. The second kappa shape index (κ2) is 12.6. The van der Waals surface area contributed by atoms with Gasteiger partial charge in [0, 0.05) is 19.1 Å². The van der Waals surface area contributed by atoms with Crippen molar-refractivity contribution in [2.45, 2.75) is 46.4 Å². The first-order chi connectivity index (χ1) is 18.4. The average molecular weight is 516 g/mol. The summed E-state index contributed by atoms with van der Waals surface area (Å²) in [5, 5.41) is 15.7. The molecule has 1 heterocycles. The van der Waals surface area contributed by atoms with Crippen LogP contribution in [0.25, 0.3) is 5.69 Å². The van der Waals surface area contributed by atoms with Crippen LogP contribution < -0.4 is 14.2 Å². The Kier molecular flexibility index (Phi) is 9.05. The van der Waals surface area contributed by atoms with E-state index in [1.807, 2.05) is 97.4 Å². The summed E-state index contributed by atoms with van der Waals surface area (Å²) in [6, 6.07) is 25.5. The molecule has 1 atom stereocenters. The highest BCUT2D eigenvalue weighted by atomic mass is 16.5. The molecule has 0 fully saturated rings. The van der Waals surface area contributed by atoms with Crippen LogP contribution >= 0.6 is 0 Å². The third kappa shape index (κ3) is 6.73. The summed E-state index contributed by atoms with van der Waals surface area (Å²) in [5.74, 6) is 2.89. The molecule has 0 saturated carbocycles. The second-order valence-corrected chi connectivity index (χ2v) is 9.65. The largest absolute Gasteiger partial charge is 0.497 e. The van der Waals surface area contributed by atoms with E-state index >= 15 is 0 Å². The topological polar surface area (TPSA) is 69.0 Å². The number of para-hydroxylation sites is 2. The zero-order valence-corrected chi connectivity index (χ0v) is 22.8. The number of hydrogen-bond donors (Lipinski definition) is 1. The van der Waals surface area contributed by atoms with Gasteiger partial charge in [0.1, 0.15) is 30.0 Å². The van der Waals surface area contributed by atoms with Gasteiger partial charge in [-0.3, -0.25) is 4.90 Å². The van der Waals surface area contributed by atoms with Gasteiger partial charge in [-0.15, -0.1) is 0 Å². The molecular weight excluding hydrogens is 478 g/mol. The number of rotatable bonds is 12.